The van der Waals surface area contributed by atoms with E-state index >= 15 is 0 Å². The molecule has 2 rings (SSSR count). The van der Waals surface area contributed by atoms with Crippen LogP contribution in [0, 0.1) is 0 Å². The van der Waals surface area contributed by atoms with E-state index in [1.165, 1.54) is 40.2 Å². The number of anilines is 1. The van der Waals surface area contributed by atoms with Crippen molar-refractivity contribution in [2.24, 2.45) is 5.73 Å². The Morgan fingerprint density at radius 2 is 1.64 bits per heavy atom. The minimum atomic E-state index is -1.34. The predicted molar refractivity (Wildman–Crippen MR) is 86.0 cm³/mol. The van der Waals surface area contributed by atoms with Gasteiger partial charge in [0, 0.05) is 26.1 Å². The summed E-state index contributed by atoms with van der Waals surface area (Å²) in [6.45, 7) is 2.87. The van der Waals surface area contributed by atoms with E-state index < -0.39 is 23.6 Å². The average molecular weight is 350 g/mol. The number of primary amides is 1. The summed E-state index contributed by atoms with van der Waals surface area (Å²) in [6.07, 6.45) is 1.08. The normalized spacial score (nSPS) is 15.8. The molecular weight excluding hydrogens is 332 g/mol. The molecule has 0 aliphatic carbocycles. The van der Waals surface area contributed by atoms with Gasteiger partial charge in [0.1, 0.15) is 0 Å². The molecule has 0 atom stereocenters. The number of methoxy groups -OCH3 is 2. The quantitative estimate of drug-likeness (QED) is 0.456. The number of nitrogens with one attached hydrogen (secondary N) is 1. The van der Waals surface area contributed by atoms with Gasteiger partial charge in [0.05, 0.1) is 25.5 Å². The van der Waals surface area contributed by atoms with Crippen LogP contribution in [0.2, 0.25) is 0 Å². The number of nitrogens with two attached hydrogens (primary N) is 1. The van der Waals surface area contributed by atoms with E-state index in [1.807, 2.05) is 0 Å². The van der Waals surface area contributed by atoms with E-state index in [-0.39, 0.29) is 16.8 Å². The second kappa shape index (κ2) is 6.71. The highest BCUT2D eigenvalue weighted by atomic mass is 16.7. The van der Waals surface area contributed by atoms with Crippen LogP contribution in [-0.4, -0.2) is 37.9 Å². The van der Waals surface area contributed by atoms with Gasteiger partial charge in [-0.15, -0.1) is 0 Å². The Morgan fingerprint density at radius 1 is 1.12 bits per heavy atom. The SMILES string of the molecule is COc1cc(NC=C2C(=O)OC(C)(C)OC2=O)c(C(N)=O)cc1OC. The molecule has 0 radical (unpaired) electrons. The number of carbonyl (C=O) groups is 3. The molecule has 134 valence electrons. The summed E-state index contributed by atoms with van der Waals surface area (Å²) in [7, 11) is 2.83. The third kappa shape index (κ3) is 3.82. The van der Waals surface area contributed by atoms with Crippen LogP contribution in [0.5, 0.6) is 11.5 Å². The Bertz CT molecular complexity index is 746. The minimum Gasteiger partial charge on any atom is -0.493 e. The van der Waals surface area contributed by atoms with Crippen LogP contribution >= 0.6 is 0 Å². The van der Waals surface area contributed by atoms with E-state index in [2.05, 4.69) is 5.32 Å². The molecular formula is C16H18N2O7. The molecule has 1 aliphatic heterocycles. The van der Waals surface area contributed by atoms with Gasteiger partial charge in [0.2, 0.25) is 0 Å². The molecule has 1 aliphatic rings. The van der Waals surface area contributed by atoms with E-state index in [9.17, 15) is 14.4 Å². The molecule has 25 heavy (non-hydrogen) atoms. The van der Waals surface area contributed by atoms with Crippen molar-refractivity contribution in [3.63, 3.8) is 0 Å². The summed E-state index contributed by atoms with van der Waals surface area (Å²) in [4.78, 5) is 35.5. The molecule has 1 fully saturated rings. The second-order valence-corrected chi connectivity index (χ2v) is 5.50. The summed E-state index contributed by atoms with van der Waals surface area (Å²) in [5, 5.41) is 2.68. The number of benzene rings is 1. The topological polar surface area (TPSA) is 126 Å². The van der Waals surface area contributed by atoms with Gasteiger partial charge >= 0.3 is 11.9 Å². The molecule has 9 nitrogen and oxygen atoms in total. The van der Waals surface area contributed by atoms with Gasteiger partial charge in [-0.05, 0) is 6.07 Å². The maximum Gasteiger partial charge on any atom is 0.350 e. The van der Waals surface area contributed by atoms with Crippen LogP contribution in [0.4, 0.5) is 5.69 Å². The maximum absolute atomic E-state index is 11.9. The third-order valence-corrected chi connectivity index (χ3v) is 3.28. The Labute approximate surface area is 143 Å². The molecule has 0 spiro atoms. The number of esters is 2. The number of amides is 1. The minimum absolute atomic E-state index is 0.0763. The molecule has 1 aromatic rings. The van der Waals surface area contributed by atoms with E-state index in [0.717, 1.165) is 6.20 Å². The number of rotatable bonds is 5. The van der Waals surface area contributed by atoms with E-state index in [0.29, 0.717) is 11.5 Å². The fourth-order valence-corrected chi connectivity index (χ4v) is 2.13. The summed E-state index contributed by atoms with van der Waals surface area (Å²) in [5.74, 6) is -3.16. The van der Waals surface area contributed by atoms with Crippen molar-refractivity contribution in [3.8, 4) is 11.5 Å². The Balaban J connectivity index is 2.38. The van der Waals surface area contributed by atoms with Crippen molar-refractivity contribution in [3.05, 3.63) is 29.5 Å². The van der Waals surface area contributed by atoms with Crippen molar-refractivity contribution in [2.75, 3.05) is 19.5 Å². The van der Waals surface area contributed by atoms with Gasteiger partial charge < -0.3 is 30.0 Å². The standard InChI is InChI=1S/C16H18N2O7/c1-16(2)24-14(20)9(15(21)25-16)7-18-10-6-12(23-4)11(22-3)5-8(10)13(17)19/h5-7,18H,1-4H3,(H2,17,19). The van der Waals surface area contributed by atoms with Gasteiger partial charge in [-0.3, -0.25) is 4.79 Å². The van der Waals surface area contributed by atoms with Gasteiger partial charge in [-0.1, -0.05) is 0 Å². The largest absolute Gasteiger partial charge is 0.493 e. The lowest BCUT2D eigenvalue weighted by atomic mass is 10.1. The van der Waals surface area contributed by atoms with E-state index in [4.69, 9.17) is 24.7 Å². The summed E-state index contributed by atoms with van der Waals surface area (Å²) in [6, 6.07) is 2.82. The monoisotopic (exact) mass is 350 g/mol. The molecule has 0 aromatic heterocycles. The number of carbonyl (C=O) groups excluding carboxylic acids is 3. The van der Waals surface area contributed by atoms with Crippen LogP contribution in [0.15, 0.2) is 23.9 Å². The summed E-state index contributed by atoms with van der Waals surface area (Å²) in [5.41, 5.74) is 5.28. The Morgan fingerprint density at radius 3 is 2.12 bits per heavy atom. The van der Waals surface area contributed by atoms with Gasteiger partial charge in [-0.2, -0.15) is 0 Å². The molecule has 1 amide bonds. The van der Waals surface area contributed by atoms with Crippen LogP contribution in [0.25, 0.3) is 0 Å². The maximum atomic E-state index is 11.9. The van der Waals surface area contributed by atoms with Gasteiger partial charge in [0.15, 0.2) is 17.1 Å². The first kappa shape index (κ1) is 18.1. The summed E-state index contributed by atoms with van der Waals surface area (Å²) < 4.78 is 20.2. The predicted octanol–water partition coefficient (Wildman–Crippen LogP) is 0.935. The third-order valence-electron chi connectivity index (χ3n) is 3.28. The smallest absolute Gasteiger partial charge is 0.350 e. The molecule has 0 bridgehead atoms. The van der Waals surface area contributed by atoms with E-state index in [1.54, 1.807) is 0 Å². The first-order chi connectivity index (χ1) is 11.7. The van der Waals surface area contributed by atoms with Crippen molar-refractivity contribution >= 4 is 23.5 Å². The van der Waals surface area contributed by atoms with Crippen molar-refractivity contribution in [1.82, 2.24) is 0 Å². The molecule has 9 heteroatoms. The number of cyclic esters (lactones) is 2. The lowest BCUT2D eigenvalue weighted by Gasteiger charge is -2.29. The van der Waals surface area contributed by atoms with Gasteiger partial charge in [-0.25, -0.2) is 9.59 Å². The highest BCUT2D eigenvalue weighted by Gasteiger charge is 2.39. The molecule has 0 unspecified atom stereocenters. The first-order valence-electron chi connectivity index (χ1n) is 7.17. The molecule has 1 saturated heterocycles. The lowest BCUT2D eigenvalue weighted by Crippen LogP contribution is -2.42. The molecule has 0 saturated carbocycles. The fraction of sp³-hybridized carbons (Fsp3) is 0.312. The van der Waals surface area contributed by atoms with Crippen LogP contribution in [0.3, 0.4) is 0 Å². The first-order valence-corrected chi connectivity index (χ1v) is 7.17. The lowest BCUT2D eigenvalue weighted by molar-refractivity contribution is -0.222. The Kier molecular flexibility index (Phi) is 4.87. The van der Waals surface area contributed by atoms with Crippen LogP contribution in [0.1, 0.15) is 24.2 Å². The second-order valence-electron chi connectivity index (χ2n) is 5.50. The number of ether oxygens (including phenoxy) is 4. The fourth-order valence-electron chi connectivity index (χ4n) is 2.13. The van der Waals surface area contributed by atoms with Crippen LogP contribution in [-0.2, 0) is 19.1 Å². The van der Waals surface area contributed by atoms with Crippen molar-refractivity contribution in [2.45, 2.75) is 19.6 Å². The molecule has 1 heterocycles. The molecule has 3 N–H and O–H groups in total. The van der Waals surface area contributed by atoms with Crippen molar-refractivity contribution in [1.29, 1.82) is 0 Å². The number of hydrogen-bond donors (Lipinski definition) is 2. The molecule has 1 aromatic carbocycles. The zero-order valence-corrected chi connectivity index (χ0v) is 14.2. The Hall–Kier alpha value is -3.23. The van der Waals surface area contributed by atoms with Gasteiger partial charge in [0.25, 0.3) is 11.7 Å². The van der Waals surface area contributed by atoms with Crippen LogP contribution < -0.4 is 20.5 Å². The van der Waals surface area contributed by atoms with Crippen molar-refractivity contribution < 1.29 is 33.3 Å². The highest BCUT2D eigenvalue weighted by Crippen LogP contribution is 2.33. The average Bonchev–Trinajstić information content (AvgIpc) is 2.51. The highest BCUT2D eigenvalue weighted by molar-refractivity contribution is 6.15. The zero-order chi connectivity index (χ0) is 18.8. The zero-order valence-electron chi connectivity index (χ0n) is 14.2. The number of hydrogen-bond acceptors (Lipinski definition) is 8. The summed E-state index contributed by atoms with van der Waals surface area (Å²) >= 11 is 0.